The zero-order valence-corrected chi connectivity index (χ0v) is 12.5. The van der Waals surface area contributed by atoms with E-state index in [-0.39, 0.29) is 5.91 Å². The van der Waals surface area contributed by atoms with Gasteiger partial charge in [0, 0.05) is 25.7 Å². The van der Waals surface area contributed by atoms with Gasteiger partial charge in [0.05, 0.1) is 0 Å². The normalized spacial score (nSPS) is 14.1. The van der Waals surface area contributed by atoms with Gasteiger partial charge in [-0.3, -0.25) is 4.79 Å². The molecule has 5 nitrogen and oxygen atoms in total. The Morgan fingerprint density at radius 2 is 1.91 bits per heavy atom. The molecule has 1 aliphatic rings. The van der Waals surface area contributed by atoms with E-state index in [1.54, 1.807) is 6.07 Å². The first kappa shape index (κ1) is 14.5. The molecule has 1 saturated heterocycles. The van der Waals surface area contributed by atoms with Crippen LogP contribution in [-0.2, 0) is 6.42 Å². The summed E-state index contributed by atoms with van der Waals surface area (Å²) in [6, 6.07) is 11.9. The maximum atomic E-state index is 12.2. The molecular weight excluding hydrogens is 276 g/mol. The summed E-state index contributed by atoms with van der Waals surface area (Å²) < 4.78 is 0. The molecule has 2 heterocycles. The smallest absolute Gasteiger partial charge is 0.270 e. The Morgan fingerprint density at radius 1 is 1.14 bits per heavy atom. The summed E-state index contributed by atoms with van der Waals surface area (Å²) in [7, 11) is 0. The van der Waals surface area contributed by atoms with Crippen LogP contribution in [0.15, 0.2) is 42.7 Å². The van der Waals surface area contributed by atoms with Crippen LogP contribution in [0.1, 0.15) is 28.9 Å². The highest BCUT2D eigenvalue weighted by molar-refractivity contribution is 5.92. The van der Waals surface area contributed by atoms with Crippen LogP contribution >= 0.6 is 0 Å². The van der Waals surface area contributed by atoms with Crippen molar-refractivity contribution in [2.45, 2.75) is 19.3 Å². The second-order valence-corrected chi connectivity index (χ2v) is 5.45. The molecule has 1 amide bonds. The molecule has 1 aliphatic heterocycles. The van der Waals surface area contributed by atoms with Gasteiger partial charge in [0.15, 0.2) is 0 Å². The Labute approximate surface area is 130 Å². The fraction of sp³-hybridized carbons (Fsp3) is 0.353. The summed E-state index contributed by atoms with van der Waals surface area (Å²) in [4.78, 5) is 22.7. The van der Waals surface area contributed by atoms with Crippen molar-refractivity contribution in [2.75, 3.05) is 24.5 Å². The molecule has 0 aliphatic carbocycles. The maximum absolute atomic E-state index is 12.2. The topological polar surface area (TPSA) is 58.1 Å². The van der Waals surface area contributed by atoms with E-state index in [0.717, 1.165) is 25.3 Å². The van der Waals surface area contributed by atoms with Gasteiger partial charge < -0.3 is 10.2 Å². The van der Waals surface area contributed by atoms with Gasteiger partial charge in [-0.1, -0.05) is 30.3 Å². The summed E-state index contributed by atoms with van der Waals surface area (Å²) in [6.07, 6.45) is 4.65. The lowest BCUT2D eigenvalue weighted by molar-refractivity contribution is 0.0949. The molecule has 1 aromatic heterocycles. The number of benzene rings is 1. The van der Waals surface area contributed by atoms with Crippen LogP contribution in [0.3, 0.4) is 0 Å². The largest absolute Gasteiger partial charge is 0.357 e. The van der Waals surface area contributed by atoms with Crippen molar-refractivity contribution < 1.29 is 4.79 Å². The Hall–Kier alpha value is -2.43. The number of nitrogens with one attached hydrogen (secondary N) is 1. The fourth-order valence-electron chi connectivity index (χ4n) is 2.65. The zero-order valence-electron chi connectivity index (χ0n) is 12.5. The number of rotatable bonds is 5. The minimum Gasteiger partial charge on any atom is -0.357 e. The van der Waals surface area contributed by atoms with Crippen LogP contribution in [0.4, 0.5) is 5.82 Å². The minimum absolute atomic E-state index is 0.140. The van der Waals surface area contributed by atoms with Crippen molar-refractivity contribution in [1.82, 2.24) is 15.3 Å². The van der Waals surface area contributed by atoms with Gasteiger partial charge in [-0.15, -0.1) is 0 Å². The number of nitrogens with zero attached hydrogens (tertiary/aromatic N) is 3. The number of anilines is 1. The highest BCUT2D eigenvalue weighted by Gasteiger charge is 2.16. The summed E-state index contributed by atoms with van der Waals surface area (Å²) in [5.74, 6) is 0.708. The highest BCUT2D eigenvalue weighted by Crippen LogP contribution is 2.17. The molecule has 0 saturated carbocycles. The second kappa shape index (κ2) is 7.02. The number of hydrogen-bond donors (Lipinski definition) is 1. The van der Waals surface area contributed by atoms with Gasteiger partial charge >= 0.3 is 0 Å². The molecule has 0 radical (unpaired) electrons. The maximum Gasteiger partial charge on any atom is 0.270 e. The summed E-state index contributed by atoms with van der Waals surface area (Å²) in [6.45, 7) is 2.62. The Balaban J connectivity index is 1.56. The van der Waals surface area contributed by atoms with Crippen molar-refractivity contribution in [3.8, 4) is 0 Å². The predicted octanol–water partition coefficient (Wildman–Crippen LogP) is 2.05. The van der Waals surface area contributed by atoms with E-state index in [1.165, 1.54) is 24.7 Å². The van der Waals surface area contributed by atoms with E-state index in [0.29, 0.717) is 12.2 Å². The lowest BCUT2D eigenvalue weighted by atomic mass is 10.1. The first-order chi connectivity index (χ1) is 10.8. The van der Waals surface area contributed by atoms with Crippen LogP contribution in [0.5, 0.6) is 0 Å². The third-order valence-corrected chi connectivity index (χ3v) is 3.86. The van der Waals surface area contributed by atoms with Crippen molar-refractivity contribution in [1.29, 1.82) is 0 Å². The van der Waals surface area contributed by atoms with E-state index >= 15 is 0 Å². The summed E-state index contributed by atoms with van der Waals surface area (Å²) >= 11 is 0. The van der Waals surface area contributed by atoms with Gasteiger partial charge in [-0.25, -0.2) is 9.97 Å². The first-order valence-electron chi connectivity index (χ1n) is 7.72. The quantitative estimate of drug-likeness (QED) is 0.917. The van der Waals surface area contributed by atoms with E-state index in [1.807, 2.05) is 18.2 Å². The van der Waals surface area contributed by atoms with Gasteiger partial charge in [0.2, 0.25) is 0 Å². The molecular formula is C17H20N4O. The molecule has 114 valence electrons. The SMILES string of the molecule is O=C(NCCc1ccccc1)c1cc(N2CCCC2)ncn1. The zero-order chi connectivity index (χ0) is 15.2. The Bertz CT molecular complexity index is 624. The number of aromatic nitrogens is 2. The standard InChI is InChI=1S/C17H20N4O/c22-17(18-9-8-14-6-2-1-3-7-14)15-12-16(20-13-19-15)21-10-4-5-11-21/h1-3,6-7,12-13H,4-5,8-11H2,(H,18,22). The molecule has 5 heteroatoms. The van der Waals surface area contributed by atoms with Crippen LogP contribution in [0.2, 0.25) is 0 Å². The molecule has 0 bridgehead atoms. The number of hydrogen-bond acceptors (Lipinski definition) is 4. The second-order valence-electron chi connectivity index (χ2n) is 5.45. The van der Waals surface area contributed by atoms with Gasteiger partial charge in [-0.2, -0.15) is 0 Å². The van der Waals surface area contributed by atoms with Crippen molar-refractivity contribution in [2.24, 2.45) is 0 Å². The Morgan fingerprint density at radius 3 is 2.68 bits per heavy atom. The average molecular weight is 296 g/mol. The first-order valence-corrected chi connectivity index (χ1v) is 7.72. The Kier molecular flexibility index (Phi) is 4.63. The molecule has 1 aromatic carbocycles. The third-order valence-electron chi connectivity index (χ3n) is 3.86. The predicted molar refractivity (Wildman–Crippen MR) is 86.0 cm³/mol. The van der Waals surface area contributed by atoms with Gasteiger partial charge in [0.1, 0.15) is 17.8 Å². The average Bonchev–Trinajstić information content (AvgIpc) is 3.10. The van der Waals surface area contributed by atoms with E-state index in [9.17, 15) is 4.79 Å². The molecule has 22 heavy (non-hydrogen) atoms. The van der Waals surface area contributed by atoms with Gasteiger partial charge in [-0.05, 0) is 24.8 Å². The number of carbonyl (C=O) groups excluding carboxylic acids is 1. The van der Waals surface area contributed by atoms with Crippen molar-refractivity contribution in [3.63, 3.8) is 0 Å². The lowest BCUT2D eigenvalue weighted by Crippen LogP contribution is -2.27. The summed E-state index contributed by atoms with van der Waals surface area (Å²) in [5, 5.41) is 2.92. The lowest BCUT2D eigenvalue weighted by Gasteiger charge is -2.16. The molecule has 0 atom stereocenters. The molecule has 3 rings (SSSR count). The van der Waals surface area contributed by atoms with Crippen molar-refractivity contribution >= 4 is 11.7 Å². The monoisotopic (exact) mass is 296 g/mol. The molecule has 1 fully saturated rings. The fourth-order valence-corrected chi connectivity index (χ4v) is 2.65. The molecule has 0 unspecified atom stereocenters. The van der Waals surface area contributed by atoms with Crippen LogP contribution in [0.25, 0.3) is 0 Å². The van der Waals surface area contributed by atoms with Crippen molar-refractivity contribution in [3.05, 3.63) is 54.0 Å². The third kappa shape index (κ3) is 3.61. The molecule has 2 aromatic rings. The van der Waals surface area contributed by atoms with E-state index < -0.39 is 0 Å². The number of amides is 1. The van der Waals surface area contributed by atoms with Gasteiger partial charge in [0.25, 0.3) is 5.91 Å². The molecule has 1 N–H and O–H groups in total. The van der Waals surface area contributed by atoms with E-state index in [2.05, 4.69) is 32.3 Å². The molecule has 0 spiro atoms. The van der Waals surface area contributed by atoms with Crippen LogP contribution in [0, 0.1) is 0 Å². The summed E-state index contributed by atoms with van der Waals surface area (Å²) in [5.41, 5.74) is 1.65. The number of carbonyl (C=O) groups is 1. The van der Waals surface area contributed by atoms with Crippen LogP contribution in [-0.4, -0.2) is 35.5 Å². The van der Waals surface area contributed by atoms with Crippen LogP contribution < -0.4 is 10.2 Å². The highest BCUT2D eigenvalue weighted by atomic mass is 16.1. The minimum atomic E-state index is -0.140. The van der Waals surface area contributed by atoms with E-state index in [4.69, 9.17) is 0 Å².